The number of hydrogen-bond donors (Lipinski definition) is 1. The van der Waals surface area contributed by atoms with Crippen molar-refractivity contribution in [2.45, 2.75) is 33.3 Å². The van der Waals surface area contributed by atoms with E-state index in [0.29, 0.717) is 33.2 Å². The summed E-state index contributed by atoms with van der Waals surface area (Å²) in [6.07, 6.45) is 2.56. The molecule has 10 heteroatoms. The number of aryl methyl sites for hydroxylation is 1. The van der Waals surface area contributed by atoms with Gasteiger partial charge < -0.3 is 9.64 Å². The van der Waals surface area contributed by atoms with E-state index in [0.717, 1.165) is 5.69 Å². The van der Waals surface area contributed by atoms with Crippen LogP contribution in [-0.2, 0) is 4.74 Å². The van der Waals surface area contributed by atoms with Crippen molar-refractivity contribution in [3.8, 4) is 5.69 Å². The van der Waals surface area contributed by atoms with Crippen LogP contribution in [0.3, 0.4) is 0 Å². The second-order valence-electron chi connectivity index (χ2n) is 7.89. The van der Waals surface area contributed by atoms with E-state index < -0.39 is 11.7 Å². The predicted octanol–water partition coefficient (Wildman–Crippen LogP) is 4.35. The highest BCUT2D eigenvalue weighted by Crippen LogP contribution is 2.31. The molecule has 1 amide bonds. The number of amides is 1. The minimum atomic E-state index is -0.594. The predicted molar refractivity (Wildman–Crippen MR) is 118 cm³/mol. The molecule has 158 valence electrons. The lowest BCUT2D eigenvalue weighted by Gasteiger charge is -2.19. The van der Waals surface area contributed by atoms with Gasteiger partial charge in [-0.15, -0.1) is 0 Å². The molecule has 0 aliphatic rings. The molecule has 0 unspecified atom stereocenters. The summed E-state index contributed by atoms with van der Waals surface area (Å²) in [5.74, 6) is 0.473. The molecule has 9 nitrogen and oxygen atoms in total. The fraction of sp³-hybridized carbons (Fsp3) is 0.350. The molecule has 0 atom stereocenters. The molecule has 0 saturated heterocycles. The molecule has 1 N–H and O–H groups in total. The van der Waals surface area contributed by atoms with Crippen molar-refractivity contribution < 1.29 is 9.53 Å². The summed E-state index contributed by atoms with van der Waals surface area (Å²) in [6, 6.07) is 5.12. The van der Waals surface area contributed by atoms with Crippen molar-refractivity contribution in [1.29, 1.82) is 0 Å². The first kappa shape index (κ1) is 21.5. The standard InChI is InChI=1S/C20H24ClN7O2/c1-12-16-17(18(23-10-22-16)24-11-27(5)6)28(26-12)15-8-7-13(9-14(15)21)25-19(29)30-20(2,3)4/h7-11H,1-6H3,(H,25,29)/b24-11+. The van der Waals surface area contributed by atoms with Crippen LogP contribution in [0.15, 0.2) is 29.5 Å². The molecule has 0 aliphatic heterocycles. The summed E-state index contributed by atoms with van der Waals surface area (Å²) in [6.45, 7) is 7.25. The van der Waals surface area contributed by atoms with Gasteiger partial charge in [0.1, 0.15) is 23.0 Å². The van der Waals surface area contributed by atoms with E-state index in [4.69, 9.17) is 16.3 Å². The lowest BCUT2D eigenvalue weighted by atomic mass is 10.2. The lowest BCUT2D eigenvalue weighted by molar-refractivity contribution is 0.0636. The first-order valence-corrected chi connectivity index (χ1v) is 9.64. The maximum atomic E-state index is 12.0. The minimum absolute atomic E-state index is 0.388. The molecule has 3 rings (SSSR count). The summed E-state index contributed by atoms with van der Waals surface area (Å²) in [7, 11) is 3.75. The zero-order valence-electron chi connectivity index (χ0n) is 17.8. The SMILES string of the molecule is Cc1nn(-c2ccc(NC(=O)OC(C)(C)C)cc2Cl)c2c(/N=C/N(C)C)ncnc12. The van der Waals surface area contributed by atoms with Crippen LogP contribution in [0.25, 0.3) is 16.7 Å². The first-order valence-electron chi connectivity index (χ1n) is 9.26. The van der Waals surface area contributed by atoms with Gasteiger partial charge in [-0.1, -0.05) is 11.6 Å². The number of anilines is 1. The molecule has 1 aromatic carbocycles. The Balaban J connectivity index is 2.01. The number of aliphatic imine (C=N–C) groups is 1. The van der Waals surface area contributed by atoms with Gasteiger partial charge in [0.25, 0.3) is 0 Å². The van der Waals surface area contributed by atoms with Crippen LogP contribution in [-0.4, -0.2) is 56.8 Å². The van der Waals surface area contributed by atoms with Crippen LogP contribution in [0.4, 0.5) is 16.3 Å². The van der Waals surface area contributed by atoms with Crippen molar-refractivity contribution >= 4 is 46.6 Å². The highest BCUT2D eigenvalue weighted by Gasteiger charge is 2.19. The number of hydrogen-bond acceptors (Lipinski definition) is 6. The minimum Gasteiger partial charge on any atom is -0.444 e. The van der Waals surface area contributed by atoms with E-state index in [9.17, 15) is 4.79 Å². The number of fused-ring (bicyclic) bond motifs is 1. The molecule has 3 aromatic rings. The van der Waals surface area contributed by atoms with Crippen LogP contribution >= 0.6 is 11.6 Å². The fourth-order valence-electron chi connectivity index (χ4n) is 2.69. The Morgan fingerprint density at radius 1 is 1.30 bits per heavy atom. The molecule has 2 heterocycles. The van der Waals surface area contributed by atoms with Crippen molar-refractivity contribution in [2.75, 3.05) is 19.4 Å². The van der Waals surface area contributed by atoms with E-state index >= 15 is 0 Å². The molecule has 30 heavy (non-hydrogen) atoms. The zero-order valence-corrected chi connectivity index (χ0v) is 18.5. The molecule has 0 spiro atoms. The number of rotatable bonds is 4. The van der Waals surface area contributed by atoms with Gasteiger partial charge in [0.2, 0.25) is 0 Å². The van der Waals surface area contributed by atoms with E-state index in [2.05, 4.69) is 25.4 Å². The normalized spacial score (nSPS) is 11.8. The van der Waals surface area contributed by atoms with Crippen LogP contribution < -0.4 is 5.32 Å². The molecule has 2 aromatic heterocycles. The summed E-state index contributed by atoms with van der Waals surface area (Å²) in [5.41, 5.74) is 2.57. The third kappa shape index (κ3) is 4.85. The number of nitrogens with one attached hydrogen (secondary N) is 1. The summed E-state index contributed by atoms with van der Waals surface area (Å²) < 4.78 is 6.93. The Hall–Kier alpha value is -3.20. The van der Waals surface area contributed by atoms with Gasteiger partial charge in [-0.05, 0) is 45.9 Å². The fourth-order valence-corrected chi connectivity index (χ4v) is 2.95. The van der Waals surface area contributed by atoms with Crippen LogP contribution in [0.2, 0.25) is 5.02 Å². The highest BCUT2D eigenvalue weighted by atomic mass is 35.5. The number of carbonyl (C=O) groups excluding carboxylic acids is 1. The highest BCUT2D eigenvalue weighted by molar-refractivity contribution is 6.32. The third-order valence-electron chi connectivity index (χ3n) is 3.84. The Morgan fingerprint density at radius 2 is 2.03 bits per heavy atom. The number of benzene rings is 1. The van der Waals surface area contributed by atoms with Crippen molar-refractivity contribution in [3.05, 3.63) is 35.2 Å². The molecule has 0 radical (unpaired) electrons. The van der Waals surface area contributed by atoms with Crippen molar-refractivity contribution in [3.63, 3.8) is 0 Å². The number of carbonyl (C=O) groups is 1. The van der Waals surface area contributed by atoms with Gasteiger partial charge >= 0.3 is 6.09 Å². The zero-order chi connectivity index (χ0) is 22.1. The smallest absolute Gasteiger partial charge is 0.412 e. The second kappa shape index (κ2) is 8.27. The van der Waals surface area contributed by atoms with Crippen LogP contribution in [0.5, 0.6) is 0 Å². The Bertz CT molecular complexity index is 1120. The molecule has 0 bridgehead atoms. The maximum absolute atomic E-state index is 12.0. The Labute approximate surface area is 179 Å². The monoisotopic (exact) mass is 429 g/mol. The van der Waals surface area contributed by atoms with E-state index in [-0.39, 0.29) is 0 Å². The van der Waals surface area contributed by atoms with Crippen molar-refractivity contribution in [1.82, 2.24) is 24.6 Å². The van der Waals surface area contributed by atoms with Gasteiger partial charge in [0.15, 0.2) is 5.82 Å². The Kier molecular flexibility index (Phi) is 5.93. The summed E-state index contributed by atoms with van der Waals surface area (Å²) in [5, 5.41) is 7.64. The molecule has 0 aliphatic carbocycles. The van der Waals surface area contributed by atoms with Gasteiger partial charge in [0.05, 0.1) is 22.7 Å². The van der Waals surface area contributed by atoms with Gasteiger partial charge in [-0.25, -0.2) is 24.4 Å². The molecule has 0 saturated carbocycles. The van der Waals surface area contributed by atoms with E-state index in [1.807, 2.05) is 25.9 Å². The number of nitrogens with zero attached hydrogens (tertiary/aromatic N) is 6. The molecular weight excluding hydrogens is 406 g/mol. The molecule has 0 fully saturated rings. The quantitative estimate of drug-likeness (QED) is 0.489. The summed E-state index contributed by atoms with van der Waals surface area (Å²) >= 11 is 6.53. The van der Waals surface area contributed by atoms with Crippen molar-refractivity contribution in [2.24, 2.45) is 4.99 Å². The van der Waals surface area contributed by atoms with Gasteiger partial charge in [-0.2, -0.15) is 5.10 Å². The van der Waals surface area contributed by atoms with Crippen LogP contribution in [0.1, 0.15) is 26.5 Å². The van der Waals surface area contributed by atoms with Crippen LogP contribution in [0, 0.1) is 6.92 Å². The number of aromatic nitrogens is 4. The van der Waals surface area contributed by atoms with Gasteiger partial charge in [-0.3, -0.25) is 5.32 Å². The third-order valence-corrected chi connectivity index (χ3v) is 4.14. The topological polar surface area (TPSA) is 97.5 Å². The largest absolute Gasteiger partial charge is 0.444 e. The second-order valence-corrected chi connectivity index (χ2v) is 8.30. The average molecular weight is 430 g/mol. The maximum Gasteiger partial charge on any atom is 0.412 e. The van der Waals surface area contributed by atoms with E-state index in [1.165, 1.54) is 6.33 Å². The first-order chi connectivity index (χ1) is 14.0. The summed E-state index contributed by atoms with van der Waals surface area (Å²) in [4.78, 5) is 26.9. The molecular formula is C20H24ClN7O2. The lowest BCUT2D eigenvalue weighted by Crippen LogP contribution is -2.27. The Morgan fingerprint density at radius 3 is 2.67 bits per heavy atom. The van der Waals surface area contributed by atoms with Gasteiger partial charge in [0, 0.05) is 19.8 Å². The number of halogens is 1. The number of ether oxygens (including phenoxy) is 1. The van der Waals surface area contributed by atoms with E-state index in [1.54, 1.807) is 50.0 Å². The average Bonchev–Trinajstić information content (AvgIpc) is 2.96.